The Hall–Kier alpha value is -0.770. The summed E-state index contributed by atoms with van der Waals surface area (Å²) in [7, 11) is 0. The van der Waals surface area contributed by atoms with Crippen molar-refractivity contribution in [3.8, 4) is 0 Å². The number of amides is 2. The fourth-order valence-electron chi connectivity index (χ4n) is 4.20. The Morgan fingerprint density at radius 1 is 1.25 bits per heavy atom. The lowest BCUT2D eigenvalue weighted by atomic mass is 9.57. The van der Waals surface area contributed by atoms with Gasteiger partial charge in [-0.15, -0.1) is 0 Å². The molecule has 4 aliphatic rings. The lowest BCUT2D eigenvalue weighted by Gasteiger charge is -2.54. The van der Waals surface area contributed by atoms with Crippen LogP contribution in [0.15, 0.2) is 0 Å². The van der Waals surface area contributed by atoms with E-state index in [9.17, 15) is 4.79 Å². The summed E-state index contributed by atoms with van der Waals surface area (Å²) in [4.78, 5) is 14.8. The second kappa shape index (κ2) is 4.36. The predicted molar refractivity (Wildman–Crippen MR) is 76.4 cm³/mol. The molecule has 0 aromatic carbocycles. The molecule has 0 spiro atoms. The lowest BCUT2D eigenvalue weighted by molar-refractivity contribution is -0.109. The number of hydrogen-bond acceptors (Lipinski definition) is 2. The topological polar surface area (TPSA) is 41.6 Å². The zero-order valence-electron chi connectivity index (χ0n) is 12.6. The Balaban J connectivity index is 1.40. The van der Waals surface area contributed by atoms with E-state index in [0.717, 1.165) is 25.5 Å². The highest BCUT2D eigenvalue weighted by Crippen LogP contribution is 2.52. The van der Waals surface area contributed by atoms with Crippen molar-refractivity contribution in [3.05, 3.63) is 0 Å². The monoisotopic (exact) mass is 278 g/mol. The van der Waals surface area contributed by atoms with E-state index in [1.54, 1.807) is 0 Å². The Bertz CT molecular complexity index is 415. The summed E-state index contributed by atoms with van der Waals surface area (Å²) in [5, 5.41) is 3.34. The minimum atomic E-state index is 0.0889. The molecule has 4 heteroatoms. The molecule has 2 amide bonds. The molecule has 4 fully saturated rings. The molecule has 1 aliphatic heterocycles. The van der Waals surface area contributed by atoms with Crippen LogP contribution in [0.5, 0.6) is 0 Å². The summed E-state index contributed by atoms with van der Waals surface area (Å²) in [6, 6.07) is 1.00. The van der Waals surface area contributed by atoms with E-state index in [-0.39, 0.29) is 11.4 Å². The Kier molecular flexibility index (Phi) is 2.82. The van der Waals surface area contributed by atoms with E-state index in [0.29, 0.717) is 24.1 Å². The second-order valence-corrected chi connectivity index (χ2v) is 7.82. The van der Waals surface area contributed by atoms with Crippen LogP contribution in [-0.2, 0) is 4.74 Å². The van der Waals surface area contributed by atoms with E-state index in [2.05, 4.69) is 24.1 Å². The first-order valence-electron chi connectivity index (χ1n) is 8.26. The minimum Gasteiger partial charge on any atom is -0.377 e. The predicted octanol–water partition coefficient (Wildman–Crippen LogP) is 2.38. The molecule has 0 aromatic rings. The molecule has 3 saturated carbocycles. The molecule has 4 rings (SSSR count). The van der Waals surface area contributed by atoms with Gasteiger partial charge in [0, 0.05) is 36.6 Å². The van der Waals surface area contributed by atoms with Gasteiger partial charge in [-0.05, 0) is 38.0 Å². The van der Waals surface area contributed by atoms with Crippen molar-refractivity contribution in [1.29, 1.82) is 0 Å². The van der Waals surface area contributed by atoms with Crippen LogP contribution in [0, 0.1) is 17.3 Å². The summed E-state index contributed by atoms with van der Waals surface area (Å²) in [5.41, 5.74) is 0.0889. The van der Waals surface area contributed by atoms with E-state index < -0.39 is 0 Å². The number of fused-ring (bicyclic) bond motifs is 1. The Morgan fingerprint density at radius 2 is 2.00 bits per heavy atom. The van der Waals surface area contributed by atoms with E-state index in [1.807, 2.05) is 0 Å². The number of nitrogens with zero attached hydrogens (tertiary/aromatic N) is 1. The van der Waals surface area contributed by atoms with Gasteiger partial charge in [0.15, 0.2) is 0 Å². The van der Waals surface area contributed by atoms with Crippen LogP contribution >= 0.6 is 0 Å². The van der Waals surface area contributed by atoms with Crippen LogP contribution in [0.3, 0.4) is 0 Å². The molecular formula is C16H26N2O2. The average Bonchev–Trinajstić information content (AvgIpc) is 3.31. The number of ether oxygens (including phenoxy) is 1. The number of urea groups is 1. The highest BCUT2D eigenvalue weighted by Gasteiger charge is 2.60. The SMILES string of the molecule is CC1(C)[C@H](NC(=O)N(CC2CC2)C2CC2)[C@H]2CCO[C@@H]21. The van der Waals surface area contributed by atoms with Crippen LogP contribution in [-0.4, -0.2) is 42.3 Å². The van der Waals surface area contributed by atoms with E-state index >= 15 is 0 Å². The molecule has 1 heterocycles. The van der Waals surface area contributed by atoms with Crippen LogP contribution < -0.4 is 5.32 Å². The molecule has 0 unspecified atom stereocenters. The number of carbonyl (C=O) groups is 1. The quantitative estimate of drug-likeness (QED) is 0.858. The summed E-state index contributed by atoms with van der Waals surface area (Å²) in [5.74, 6) is 1.31. The van der Waals surface area contributed by atoms with Crippen LogP contribution in [0.1, 0.15) is 46.0 Å². The first-order valence-corrected chi connectivity index (χ1v) is 8.26. The molecule has 4 nitrogen and oxygen atoms in total. The fourth-order valence-corrected chi connectivity index (χ4v) is 4.20. The fraction of sp³-hybridized carbons (Fsp3) is 0.938. The number of hydrogen-bond donors (Lipinski definition) is 1. The summed E-state index contributed by atoms with van der Waals surface area (Å²) in [6.45, 7) is 6.30. The first kappa shape index (κ1) is 12.9. The minimum absolute atomic E-state index is 0.0889. The van der Waals surface area contributed by atoms with Crippen LogP contribution in [0.4, 0.5) is 4.79 Å². The molecule has 112 valence electrons. The van der Waals surface area contributed by atoms with Gasteiger partial charge in [-0.3, -0.25) is 0 Å². The highest BCUT2D eigenvalue weighted by molar-refractivity contribution is 5.75. The third-order valence-corrected chi connectivity index (χ3v) is 5.78. The van der Waals surface area contributed by atoms with Crippen molar-refractivity contribution in [2.75, 3.05) is 13.2 Å². The maximum absolute atomic E-state index is 12.6. The Labute approximate surface area is 121 Å². The number of rotatable bonds is 4. The molecule has 0 bridgehead atoms. The number of nitrogens with one attached hydrogen (secondary N) is 1. The molecule has 0 radical (unpaired) electrons. The molecule has 3 atom stereocenters. The van der Waals surface area contributed by atoms with Crippen molar-refractivity contribution in [2.24, 2.45) is 17.3 Å². The largest absolute Gasteiger partial charge is 0.377 e. The van der Waals surface area contributed by atoms with Crippen LogP contribution in [0.25, 0.3) is 0 Å². The second-order valence-electron chi connectivity index (χ2n) is 7.82. The van der Waals surface area contributed by atoms with Crippen LogP contribution in [0.2, 0.25) is 0 Å². The average molecular weight is 278 g/mol. The van der Waals surface area contributed by atoms with Gasteiger partial charge < -0.3 is 15.0 Å². The molecule has 1 N–H and O–H groups in total. The molecule has 0 aromatic heterocycles. The van der Waals surface area contributed by atoms with E-state index in [4.69, 9.17) is 4.74 Å². The molecule has 20 heavy (non-hydrogen) atoms. The first-order chi connectivity index (χ1) is 9.57. The van der Waals surface area contributed by atoms with Gasteiger partial charge in [-0.2, -0.15) is 0 Å². The summed E-state index contributed by atoms with van der Waals surface area (Å²) in [6.07, 6.45) is 6.47. The summed E-state index contributed by atoms with van der Waals surface area (Å²) >= 11 is 0. The Morgan fingerprint density at radius 3 is 2.65 bits per heavy atom. The van der Waals surface area contributed by atoms with Gasteiger partial charge in [0.2, 0.25) is 0 Å². The van der Waals surface area contributed by atoms with E-state index in [1.165, 1.54) is 25.7 Å². The zero-order valence-corrected chi connectivity index (χ0v) is 12.6. The maximum Gasteiger partial charge on any atom is 0.317 e. The standard InChI is InChI=1S/C16H26N2O2/c1-16(2)13(12-7-8-20-14(12)16)17-15(19)18(11-5-6-11)9-10-3-4-10/h10-14H,3-9H2,1-2H3,(H,17,19)/t12-,13-,14+/m1/s1. The van der Waals surface area contributed by atoms with Crippen molar-refractivity contribution < 1.29 is 9.53 Å². The van der Waals surface area contributed by atoms with Gasteiger partial charge in [-0.25, -0.2) is 4.79 Å². The van der Waals surface area contributed by atoms with Crippen molar-refractivity contribution in [1.82, 2.24) is 10.2 Å². The molecular weight excluding hydrogens is 252 g/mol. The third-order valence-electron chi connectivity index (χ3n) is 5.78. The van der Waals surface area contributed by atoms with Gasteiger partial charge in [-0.1, -0.05) is 13.8 Å². The molecule has 3 aliphatic carbocycles. The number of carbonyl (C=O) groups excluding carboxylic acids is 1. The third kappa shape index (κ3) is 2.03. The highest BCUT2D eigenvalue weighted by atomic mass is 16.5. The van der Waals surface area contributed by atoms with Crippen molar-refractivity contribution >= 4 is 6.03 Å². The van der Waals surface area contributed by atoms with Gasteiger partial charge in [0.25, 0.3) is 0 Å². The lowest BCUT2D eigenvalue weighted by Crippen LogP contribution is -2.68. The summed E-state index contributed by atoms with van der Waals surface area (Å²) < 4.78 is 5.81. The molecule has 1 saturated heterocycles. The van der Waals surface area contributed by atoms with Gasteiger partial charge >= 0.3 is 6.03 Å². The maximum atomic E-state index is 12.6. The zero-order chi connectivity index (χ0) is 13.9. The van der Waals surface area contributed by atoms with Gasteiger partial charge in [0.1, 0.15) is 0 Å². The normalized spacial score (nSPS) is 38.0. The van der Waals surface area contributed by atoms with Crippen molar-refractivity contribution in [3.63, 3.8) is 0 Å². The smallest absolute Gasteiger partial charge is 0.317 e. The van der Waals surface area contributed by atoms with Gasteiger partial charge in [0.05, 0.1) is 6.10 Å². The van der Waals surface area contributed by atoms with Crippen molar-refractivity contribution in [2.45, 2.75) is 64.1 Å².